The van der Waals surface area contributed by atoms with E-state index in [2.05, 4.69) is 37.2 Å². The Bertz CT molecular complexity index is 446. The number of thioether (sulfide) groups is 1. The van der Waals surface area contributed by atoms with E-state index in [9.17, 15) is 9.90 Å². The molecule has 1 aliphatic rings. The zero-order valence-corrected chi connectivity index (χ0v) is 12.5. The second-order valence-corrected chi connectivity index (χ2v) is 6.45. The molecule has 0 amide bonds. The van der Waals surface area contributed by atoms with Gasteiger partial charge < -0.3 is 10.2 Å². The van der Waals surface area contributed by atoms with E-state index in [1.807, 2.05) is 0 Å². The van der Waals surface area contributed by atoms with Gasteiger partial charge in [0.05, 0.1) is 14.3 Å². The van der Waals surface area contributed by atoms with E-state index < -0.39 is 12.0 Å². The van der Waals surface area contributed by atoms with Crippen LogP contribution in [0.5, 0.6) is 5.75 Å². The number of aliphatic carboxylic acids is 1. The van der Waals surface area contributed by atoms with Gasteiger partial charge in [0, 0.05) is 5.75 Å². The molecule has 7 heteroatoms. The second kappa shape index (κ2) is 5.17. The molecule has 17 heavy (non-hydrogen) atoms. The lowest BCUT2D eigenvalue weighted by atomic mass is 10.2. The number of carboxylic acid groups (broad SMARTS) is 1. The summed E-state index contributed by atoms with van der Waals surface area (Å²) < 4.78 is 1.17. The molecule has 2 rings (SSSR count). The third-order valence-electron chi connectivity index (χ3n) is 2.42. The Morgan fingerprint density at radius 1 is 1.41 bits per heavy atom. The third-order valence-corrected chi connectivity index (χ3v) is 4.90. The van der Waals surface area contributed by atoms with Crippen molar-refractivity contribution in [3.05, 3.63) is 26.6 Å². The lowest BCUT2D eigenvalue weighted by Crippen LogP contribution is -2.33. The zero-order chi connectivity index (χ0) is 12.6. The van der Waals surface area contributed by atoms with Crippen molar-refractivity contribution in [2.24, 2.45) is 0 Å². The summed E-state index contributed by atoms with van der Waals surface area (Å²) in [5.74, 6) is -0.153. The average molecular weight is 383 g/mol. The summed E-state index contributed by atoms with van der Waals surface area (Å²) >= 11 is 8.05. The molecule has 1 aliphatic heterocycles. The van der Waals surface area contributed by atoms with E-state index in [-0.39, 0.29) is 11.1 Å². The van der Waals surface area contributed by atoms with Gasteiger partial charge in [0.2, 0.25) is 0 Å². The highest BCUT2D eigenvalue weighted by Gasteiger charge is 2.30. The standard InChI is InChI=1S/C10H9Br2NO3S/c11-5-1-4(2-6(12)8(5)14)9-13-7(3-17-9)10(15)16/h1-2,7,9,13-14H,3H2,(H,15,16). The number of rotatable bonds is 2. The highest BCUT2D eigenvalue weighted by molar-refractivity contribution is 9.11. The molecular formula is C10H9Br2NO3S. The van der Waals surface area contributed by atoms with E-state index in [1.54, 1.807) is 12.1 Å². The minimum Gasteiger partial charge on any atom is -0.506 e. The molecule has 0 saturated carbocycles. The van der Waals surface area contributed by atoms with E-state index >= 15 is 0 Å². The Kier molecular flexibility index (Phi) is 4.02. The fraction of sp³-hybridized carbons (Fsp3) is 0.300. The van der Waals surface area contributed by atoms with Crippen molar-refractivity contribution in [2.75, 3.05) is 5.75 Å². The normalized spacial score (nSPS) is 23.9. The summed E-state index contributed by atoms with van der Waals surface area (Å²) in [4.78, 5) is 10.8. The van der Waals surface area contributed by atoms with Gasteiger partial charge in [-0.2, -0.15) is 0 Å². The van der Waals surface area contributed by atoms with Crippen molar-refractivity contribution < 1.29 is 15.0 Å². The first-order chi connectivity index (χ1) is 7.99. The maximum Gasteiger partial charge on any atom is 0.321 e. The van der Waals surface area contributed by atoms with Gasteiger partial charge >= 0.3 is 5.97 Å². The monoisotopic (exact) mass is 381 g/mol. The molecule has 1 heterocycles. The Hall–Kier alpha value is -0.240. The molecule has 2 atom stereocenters. The van der Waals surface area contributed by atoms with Gasteiger partial charge in [-0.15, -0.1) is 11.8 Å². The van der Waals surface area contributed by atoms with Crippen LogP contribution in [0.2, 0.25) is 0 Å². The average Bonchev–Trinajstić information content (AvgIpc) is 2.74. The third kappa shape index (κ3) is 2.78. The largest absolute Gasteiger partial charge is 0.506 e. The quantitative estimate of drug-likeness (QED) is 0.733. The number of phenolic OH excluding ortho intramolecular Hbond substituents is 1. The van der Waals surface area contributed by atoms with Crippen molar-refractivity contribution in [3.63, 3.8) is 0 Å². The number of hydrogen-bond acceptors (Lipinski definition) is 4. The molecule has 4 nitrogen and oxygen atoms in total. The van der Waals surface area contributed by atoms with Crippen LogP contribution in [0.1, 0.15) is 10.9 Å². The first-order valence-electron chi connectivity index (χ1n) is 4.77. The molecule has 0 radical (unpaired) electrons. The Balaban J connectivity index is 2.22. The van der Waals surface area contributed by atoms with Crippen LogP contribution in [0.3, 0.4) is 0 Å². The molecule has 0 spiro atoms. The summed E-state index contributed by atoms with van der Waals surface area (Å²) in [6.07, 6.45) is 0. The van der Waals surface area contributed by atoms with Gasteiger partial charge in [-0.3, -0.25) is 10.1 Å². The highest BCUT2D eigenvalue weighted by atomic mass is 79.9. The lowest BCUT2D eigenvalue weighted by molar-refractivity contribution is -0.138. The van der Waals surface area contributed by atoms with Gasteiger partial charge in [-0.25, -0.2) is 0 Å². The van der Waals surface area contributed by atoms with Crippen LogP contribution in [0, 0.1) is 0 Å². The smallest absolute Gasteiger partial charge is 0.321 e. The van der Waals surface area contributed by atoms with E-state index in [1.165, 1.54) is 11.8 Å². The van der Waals surface area contributed by atoms with Crippen molar-refractivity contribution in [1.82, 2.24) is 5.32 Å². The number of benzene rings is 1. The summed E-state index contributed by atoms with van der Waals surface area (Å²) in [5.41, 5.74) is 0.926. The van der Waals surface area contributed by atoms with E-state index in [4.69, 9.17) is 5.11 Å². The number of carboxylic acids is 1. The first kappa shape index (κ1) is 13.2. The van der Waals surface area contributed by atoms with Crippen LogP contribution in [0.25, 0.3) is 0 Å². The van der Waals surface area contributed by atoms with E-state index in [0.29, 0.717) is 14.7 Å². The SMILES string of the molecule is O=C(O)C1CSC(c2cc(Br)c(O)c(Br)c2)N1. The summed E-state index contributed by atoms with van der Waals surface area (Å²) in [7, 11) is 0. The minimum atomic E-state index is -0.836. The Labute approximate surface area is 119 Å². The summed E-state index contributed by atoms with van der Waals surface area (Å²) in [6, 6.07) is 3.06. The van der Waals surface area contributed by atoms with Crippen LogP contribution in [-0.4, -0.2) is 28.0 Å². The number of aromatic hydroxyl groups is 1. The first-order valence-corrected chi connectivity index (χ1v) is 7.41. The Morgan fingerprint density at radius 3 is 2.47 bits per heavy atom. The molecule has 0 aromatic heterocycles. The molecule has 1 aromatic rings. The number of hydrogen-bond donors (Lipinski definition) is 3. The Morgan fingerprint density at radius 2 is 2.00 bits per heavy atom. The number of halogens is 2. The second-order valence-electron chi connectivity index (χ2n) is 3.60. The van der Waals surface area contributed by atoms with Crippen molar-refractivity contribution in [3.8, 4) is 5.75 Å². The zero-order valence-electron chi connectivity index (χ0n) is 8.48. The van der Waals surface area contributed by atoms with Crippen LogP contribution < -0.4 is 5.32 Å². The lowest BCUT2D eigenvalue weighted by Gasteiger charge is -2.13. The molecule has 1 fully saturated rings. The molecule has 2 unspecified atom stereocenters. The van der Waals surface area contributed by atoms with Gasteiger partial charge in [0.25, 0.3) is 0 Å². The van der Waals surface area contributed by atoms with Gasteiger partial charge in [0.15, 0.2) is 0 Å². The van der Waals surface area contributed by atoms with Crippen molar-refractivity contribution >= 4 is 49.6 Å². The predicted octanol–water partition coefficient (Wildman–Crippen LogP) is 2.71. The topological polar surface area (TPSA) is 69.6 Å². The number of carbonyl (C=O) groups is 1. The highest BCUT2D eigenvalue weighted by Crippen LogP contribution is 2.39. The fourth-order valence-electron chi connectivity index (χ4n) is 1.54. The molecule has 3 N–H and O–H groups in total. The molecular weight excluding hydrogens is 374 g/mol. The van der Waals surface area contributed by atoms with Crippen LogP contribution >= 0.6 is 43.6 Å². The van der Waals surface area contributed by atoms with E-state index in [0.717, 1.165) is 5.56 Å². The van der Waals surface area contributed by atoms with Gasteiger partial charge in [-0.05, 0) is 49.6 Å². The fourth-order valence-corrected chi connectivity index (χ4v) is 3.98. The van der Waals surface area contributed by atoms with Crippen LogP contribution in [-0.2, 0) is 4.79 Å². The predicted molar refractivity (Wildman–Crippen MR) is 73.3 cm³/mol. The summed E-state index contributed by atoms with van der Waals surface area (Å²) in [6.45, 7) is 0. The summed E-state index contributed by atoms with van der Waals surface area (Å²) in [5, 5.41) is 21.5. The van der Waals surface area contributed by atoms with Gasteiger partial charge in [-0.1, -0.05) is 0 Å². The number of nitrogens with one attached hydrogen (secondary N) is 1. The van der Waals surface area contributed by atoms with Crippen LogP contribution in [0.15, 0.2) is 21.1 Å². The van der Waals surface area contributed by atoms with Gasteiger partial charge in [0.1, 0.15) is 11.8 Å². The molecule has 1 saturated heterocycles. The molecule has 92 valence electrons. The minimum absolute atomic E-state index is 0.0655. The van der Waals surface area contributed by atoms with Crippen molar-refractivity contribution in [1.29, 1.82) is 0 Å². The maximum absolute atomic E-state index is 10.8. The molecule has 1 aromatic carbocycles. The maximum atomic E-state index is 10.8. The van der Waals surface area contributed by atoms with Crippen molar-refractivity contribution in [2.45, 2.75) is 11.4 Å². The number of phenols is 1. The molecule has 0 bridgehead atoms. The molecule has 0 aliphatic carbocycles. The van der Waals surface area contributed by atoms with Crippen LogP contribution in [0.4, 0.5) is 0 Å².